The van der Waals surface area contributed by atoms with Crippen LogP contribution in [0, 0.1) is 0 Å². The van der Waals surface area contributed by atoms with E-state index in [0.717, 1.165) is 60.0 Å². The molecule has 2 aromatic carbocycles. The molecule has 7 heteroatoms. The molecule has 5 aromatic rings. The Morgan fingerprint density at radius 2 is 1.84 bits per heavy atom. The average molecular weight is 441 g/mol. The van der Waals surface area contributed by atoms with Gasteiger partial charge < -0.3 is 15.6 Å². The summed E-state index contributed by atoms with van der Waals surface area (Å²) in [5.41, 5.74) is 5.69. The standard InChI is InChI=1S/C25H24N6S/c1-3-18(4-2-17(1)15-31-11-9-26-10-12-31)23-14-22-24(32-23)25(29-16-28-22)30-20-5-6-21-19(13-20)7-8-27-21/h1-8,13-14,16,26-27H,9-12,15H2,(H,28,29,30). The van der Waals surface area contributed by atoms with Crippen molar-refractivity contribution in [2.24, 2.45) is 0 Å². The number of benzene rings is 2. The van der Waals surface area contributed by atoms with E-state index in [9.17, 15) is 0 Å². The zero-order valence-electron chi connectivity index (χ0n) is 17.6. The number of rotatable bonds is 5. The highest BCUT2D eigenvalue weighted by atomic mass is 32.1. The Balaban J connectivity index is 1.25. The minimum atomic E-state index is 0.844. The van der Waals surface area contributed by atoms with Crippen molar-refractivity contribution in [3.05, 3.63) is 72.7 Å². The molecule has 1 saturated heterocycles. The topological polar surface area (TPSA) is 68.9 Å². The average Bonchev–Trinajstić information content (AvgIpc) is 3.47. The van der Waals surface area contributed by atoms with Crippen LogP contribution in [-0.2, 0) is 6.54 Å². The smallest absolute Gasteiger partial charge is 0.151 e. The Morgan fingerprint density at radius 3 is 2.72 bits per heavy atom. The fraction of sp³-hybridized carbons (Fsp3) is 0.200. The van der Waals surface area contributed by atoms with Crippen molar-refractivity contribution in [3.63, 3.8) is 0 Å². The fourth-order valence-corrected chi connectivity index (χ4v) is 5.32. The number of aromatic amines is 1. The molecule has 0 saturated carbocycles. The third-order valence-electron chi connectivity index (χ3n) is 5.98. The maximum absolute atomic E-state index is 4.53. The van der Waals surface area contributed by atoms with Crippen LogP contribution in [0.25, 0.3) is 31.6 Å². The van der Waals surface area contributed by atoms with Crippen molar-refractivity contribution in [2.45, 2.75) is 6.54 Å². The number of H-pyrrole nitrogens is 1. The molecule has 0 amide bonds. The van der Waals surface area contributed by atoms with Gasteiger partial charge in [0.05, 0.1) is 10.2 Å². The second-order valence-corrected chi connectivity index (χ2v) is 9.23. The lowest BCUT2D eigenvalue weighted by atomic mass is 10.1. The third-order valence-corrected chi connectivity index (χ3v) is 7.16. The molecule has 1 aliphatic rings. The minimum absolute atomic E-state index is 0.844. The number of nitrogens with one attached hydrogen (secondary N) is 3. The largest absolute Gasteiger partial charge is 0.361 e. The van der Waals surface area contributed by atoms with Gasteiger partial charge in [-0.3, -0.25) is 4.90 Å². The molecule has 1 aliphatic heterocycles. The van der Waals surface area contributed by atoms with Gasteiger partial charge in [0, 0.05) is 60.4 Å². The summed E-state index contributed by atoms with van der Waals surface area (Å²) in [5.74, 6) is 0.844. The summed E-state index contributed by atoms with van der Waals surface area (Å²) < 4.78 is 1.07. The number of anilines is 2. The van der Waals surface area contributed by atoms with Crippen molar-refractivity contribution in [1.82, 2.24) is 25.2 Å². The maximum atomic E-state index is 4.53. The van der Waals surface area contributed by atoms with Gasteiger partial charge in [0.2, 0.25) is 0 Å². The zero-order chi connectivity index (χ0) is 21.3. The van der Waals surface area contributed by atoms with Gasteiger partial charge in [0.25, 0.3) is 0 Å². The molecule has 3 N–H and O–H groups in total. The Kier molecular flexibility index (Phi) is 5.07. The summed E-state index contributed by atoms with van der Waals surface area (Å²) in [5, 5.41) is 8.07. The molecule has 4 heterocycles. The minimum Gasteiger partial charge on any atom is -0.361 e. The van der Waals surface area contributed by atoms with Crippen LogP contribution >= 0.6 is 11.3 Å². The summed E-state index contributed by atoms with van der Waals surface area (Å²) in [4.78, 5) is 16.0. The highest BCUT2D eigenvalue weighted by molar-refractivity contribution is 7.22. The zero-order valence-corrected chi connectivity index (χ0v) is 18.5. The van der Waals surface area contributed by atoms with Crippen LogP contribution in [0.4, 0.5) is 11.5 Å². The summed E-state index contributed by atoms with van der Waals surface area (Å²) in [6.45, 7) is 5.40. The molecule has 6 rings (SSSR count). The molecular weight excluding hydrogens is 416 g/mol. The first-order valence-corrected chi connectivity index (χ1v) is 11.7. The van der Waals surface area contributed by atoms with Gasteiger partial charge in [-0.15, -0.1) is 11.3 Å². The van der Waals surface area contributed by atoms with Gasteiger partial charge in [-0.2, -0.15) is 0 Å². The second kappa shape index (κ2) is 8.35. The summed E-state index contributed by atoms with van der Waals surface area (Å²) in [7, 11) is 0. The second-order valence-electron chi connectivity index (χ2n) is 8.18. The van der Waals surface area contributed by atoms with Crippen molar-refractivity contribution < 1.29 is 0 Å². The van der Waals surface area contributed by atoms with Crippen LogP contribution in [-0.4, -0.2) is 46.0 Å². The van der Waals surface area contributed by atoms with Crippen LogP contribution in [0.2, 0.25) is 0 Å². The number of piperazine rings is 1. The SMILES string of the molecule is c1nc(Nc2ccc3[nH]ccc3c2)c2sc(-c3ccc(CN4CCNCC4)cc3)cc2n1. The summed E-state index contributed by atoms with van der Waals surface area (Å²) >= 11 is 1.73. The van der Waals surface area contributed by atoms with Crippen LogP contribution in [0.15, 0.2) is 67.1 Å². The molecule has 32 heavy (non-hydrogen) atoms. The van der Waals surface area contributed by atoms with E-state index in [1.54, 1.807) is 17.7 Å². The van der Waals surface area contributed by atoms with Crippen molar-refractivity contribution in [2.75, 3.05) is 31.5 Å². The van der Waals surface area contributed by atoms with Crippen LogP contribution in [0.5, 0.6) is 0 Å². The van der Waals surface area contributed by atoms with E-state index in [2.05, 4.69) is 85.1 Å². The molecular formula is C25H24N6S. The quantitative estimate of drug-likeness (QED) is 0.359. The monoisotopic (exact) mass is 440 g/mol. The molecule has 0 unspecified atom stereocenters. The number of thiophene rings is 1. The van der Waals surface area contributed by atoms with Crippen LogP contribution < -0.4 is 10.6 Å². The van der Waals surface area contributed by atoms with Crippen molar-refractivity contribution in [1.29, 1.82) is 0 Å². The van der Waals surface area contributed by atoms with Gasteiger partial charge >= 0.3 is 0 Å². The van der Waals surface area contributed by atoms with E-state index in [1.165, 1.54) is 21.4 Å². The maximum Gasteiger partial charge on any atom is 0.151 e. The highest BCUT2D eigenvalue weighted by Gasteiger charge is 2.13. The first-order valence-electron chi connectivity index (χ1n) is 10.9. The van der Waals surface area contributed by atoms with Gasteiger partial charge in [0.15, 0.2) is 5.82 Å². The molecule has 6 nitrogen and oxygen atoms in total. The molecule has 160 valence electrons. The van der Waals surface area contributed by atoms with Crippen molar-refractivity contribution in [3.8, 4) is 10.4 Å². The Hall–Kier alpha value is -3.26. The lowest BCUT2D eigenvalue weighted by Crippen LogP contribution is -2.42. The Labute approximate surface area is 190 Å². The van der Waals surface area contributed by atoms with Gasteiger partial charge in [-0.25, -0.2) is 9.97 Å². The van der Waals surface area contributed by atoms with E-state index >= 15 is 0 Å². The number of nitrogens with zero attached hydrogens (tertiary/aromatic N) is 3. The van der Waals surface area contributed by atoms with Gasteiger partial charge in [0.1, 0.15) is 6.33 Å². The molecule has 0 radical (unpaired) electrons. The molecule has 0 bridgehead atoms. The third kappa shape index (κ3) is 3.86. The predicted octanol–water partition coefficient (Wildman–Crippen LogP) is 4.99. The van der Waals surface area contributed by atoms with Gasteiger partial charge in [-0.05, 0) is 41.5 Å². The molecule has 1 fully saturated rings. The normalized spacial score (nSPS) is 14.9. The molecule has 0 spiro atoms. The van der Waals surface area contributed by atoms with E-state index in [-0.39, 0.29) is 0 Å². The summed E-state index contributed by atoms with van der Waals surface area (Å²) in [6, 6.07) is 19.5. The number of hydrogen-bond acceptors (Lipinski definition) is 6. The highest BCUT2D eigenvalue weighted by Crippen LogP contribution is 2.36. The van der Waals surface area contributed by atoms with Crippen LogP contribution in [0.3, 0.4) is 0 Å². The van der Waals surface area contributed by atoms with E-state index in [4.69, 9.17) is 0 Å². The number of fused-ring (bicyclic) bond motifs is 2. The lowest BCUT2D eigenvalue weighted by Gasteiger charge is -2.27. The van der Waals surface area contributed by atoms with Crippen LogP contribution in [0.1, 0.15) is 5.56 Å². The first-order chi connectivity index (χ1) is 15.8. The van der Waals surface area contributed by atoms with Crippen molar-refractivity contribution >= 4 is 44.0 Å². The Morgan fingerprint density at radius 1 is 0.969 bits per heavy atom. The molecule has 3 aromatic heterocycles. The molecule has 0 aliphatic carbocycles. The number of hydrogen-bond donors (Lipinski definition) is 3. The van der Waals surface area contributed by atoms with E-state index in [0.29, 0.717) is 0 Å². The lowest BCUT2D eigenvalue weighted by molar-refractivity contribution is 0.233. The number of aromatic nitrogens is 3. The van der Waals surface area contributed by atoms with E-state index < -0.39 is 0 Å². The fourth-order valence-electron chi connectivity index (χ4n) is 4.26. The predicted molar refractivity (Wildman–Crippen MR) is 133 cm³/mol. The molecule has 0 atom stereocenters. The first kappa shape index (κ1) is 19.4. The summed E-state index contributed by atoms with van der Waals surface area (Å²) in [6.07, 6.45) is 3.59. The Bertz CT molecular complexity index is 1360. The van der Waals surface area contributed by atoms with E-state index in [1.807, 2.05) is 6.20 Å². The van der Waals surface area contributed by atoms with Gasteiger partial charge in [-0.1, -0.05) is 24.3 Å².